The molecule has 152 valence electrons. The minimum absolute atomic E-state index is 0.434. The zero-order valence-corrected chi connectivity index (χ0v) is 17.1. The van der Waals surface area contributed by atoms with Gasteiger partial charge in [-0.25, -0.2) is 4.99 Å². The van der Waals surface area contributed by atoms with Crippen molar-refractivity contribution in [1.82, 2.24) is 15.5 Å². The molecule has 0 bridgehead atoms. The molecule has 1 aromatic rings. The quantitative estimate of drug-likeness (QED) is 0.505. The van der Waals surface area contributed by atoms with Gasteiger partial charge in [-0.15, -0.1) is 0 Å². The van der Waals surface area contributed by atoms with Crippen LogP contribution in [-0.2, 0) is 11.3 Å². The van der Waals surface area contributed by atoms with Crippen LogP contribution in [0.1, 0.15) is 26.3 Å². The van der Waals surface area contributed by atoms with Gasteiger partial charge in [0, 0.05) is 32.2 Å². The number of nitrogens with zero attached hydrogens (tertiary/aromatic N) is 2. The number of nitrogens with one attached hydrogen (secondary N) is 2. The van der Waals surface area contributed by atoms with Crippen molar-refractivity contribution in [2.75, 3.05) is 53.1 Å². The number of guanidine groups is 1. The van der Waals surface area contributed by atoms with E-state index in [0.717, 1.165) is 62.4 Å². The second-order valence-corrected chi connectivity index (χ2v) is 6.49. The molecule has 1 saturated heterocycles. The van der Waals surface area contributed by atoms with Gasteiger partial charge in [-0.2, -0.15) is 0 Å². The normalized spacial score (nSPS) is 16.7. The summed E-state index contributed by atoms with van der Waals surface area (Å²) >= 11 is 0. The number of aliphatic imine (C=N–C) groups is 1. The van der Waals surface area contributed by atoms with Crippen LogP contribution in [0.4, 0.5) is 0 Å². The molecule has 27 heavy (non-hydrogen) atoms. The fraction of sp³-hybridized carbons (Fsp3) is 0.650. The Morgan fingerprint density at radius 1 is 1.22 bits per heavy atom. The molecule has 1 aliphatic heterocycles. The van der Waals surface area contributed by atoms with E-state index in [2.05, 4.69) is 29.4 Å². The van der Waals surface area contributed by atoms with Crippen molar-refractivity contribution < 1.29 is 14.2 Å². The van der Waals surface area contributed by atoms with Gasteiger partial charge >= 0.3 is 0 Å². The predicted molar refractivity (Wildman–Crippen MR) is 109 cm³/mol. The smallest absolute Gasteiger partial charge is 0.191 e. The largest absolute Gasteiger partial charge is 0.493 e. The fourth-order valence-corrected chi connectivity index (χ4v) is 2.99. The Kier molecular flexibility index (Phi) is 9.21. The molecule has 2 N–H and O–H groups in total. The Bertz CT molecular complexity index is 589. The van der Waals surface area contributed by atoms with Crippen LogP contribution in [0, 0.1) is 0 Å². The van der Waals surface area contributed by atoms with Gasteiger partial charge in [-0.1, -0.05) is 6.07 Å². The van der Waals surface area contributed by atoms with Gasteiger partial charge in [0.2, 0.25) is 0 Å². The Hall–Kier alpha value is -1.99. The lowest BCUT2D eigenvalue weighted by molar-refractivity contribution is 0.0211. The van der Waals surface area contributed by atoms with Crippen LogP contribution < -0.4 is 20.1 Å². The van der Waals surface area contributed by atoms with Crippen LogP contribution in [0.5, 0.6) is 11.5 Å². The van der Waals surface area contributed by atoms with E-state index >= 15 is 0 Å². The molecule has 1 atom stereocenters. The van der Waals surface area contributed by atoms with E-state index in [1.807, 2.05) is 25.1 Å². The Labute approximate surface area is 163 Å². The van der Waals surface area contributed by atoms with E-state index in [-0.39, 0.29) is 0 Å². The molecule has 7 nitrogen and oxygen atoms in total. The van der Waals surface area contributed by atoms with E-state index in [9.17, 15) is 0 Å². The number of morpholine rings is 1. The Balaban J connectivity index is 1.94. The lowest BCUT2D eigenvalue weighted by atomic mass is 10.2. The SMILES string of the molecule is CCNC(=NCc1ccc(OC)c(OCC)c1)NCC(C)N1CCOCC1. The van der Waals surface area contributed by atoms with E-state index in [0.29, 0.717) is 19.2 Å². The molecule has 1 aromatic carbocycles. The van der Waals surface area contributed by atoms with Crippen molar-refractivity contribution in [3.63, 3.8) is 0 Å². The maximum absolute atomic E-state index is 5.65. The number of rotatable bonds is 9. The molecule has 0 aliphatic carbocycles. The summed E-state index contributed by atoms with van der Waals surface area (Å²) in [4.78, 5) is 7.15. The van der Waals surface area contributed by atoms with Gasteiger partial charge in [-0.05, 0) is 38.5 Å². The third-order valence-corrected chi connectivity index (χ3v) is 4.53. The maximum atomic E-state index is 5.65. The predicted octanol–water partition coefficient (Wildman–Crippen LogP) is 1.87. The zero-order valence-electron chi connectivity index (χ0n) is 17.1. The number of ether oxygens (including phenoxy) is 3. The van der Waals surface area contributed by atoms with Crippen molar-refractivity contribution >= 4 is 5.96 Å². The molecule has 7 heteroatoms. The lowest BCUT2D eigenvalue weighted by Crippen LogP contribution is -2.49. The second kappa shape index (κ2) is 11.7. The lowest BCUT2D eigenvalue weighted by Gasteiger charge is -2.32. The molecule has 1 heterocycles. The molecule has 0 amide bonds. The summed E-state index contributed by atoms with van der Waals surface area (Å²) in [5.41, 5.74) is 1.08. The second-order valence-electron chi connectivity index (χ2n) is 6.49. The van der Waals surface area contributed by atoms with Crippen molar-refractivity contribution in [2.24, 2.45) is 4.99 Å². The topological polar surface area (TPSA) is 67.4 Å². The van der Waals surface area contributed by atoms with Gasteiger partial charge in [0.25, 0.3) is 0 Å². The first kappa shape index (κ1) is 21.3. The van der Waals surface area contributed by atoms with E-state index in [1.165, 1.54) is 0 Å². The molecule has 0 radical (unpaired) electrons. The molecule has 1 aliphatic rings. The van der Waals surface area contributed by atoms with Crippen LogP contribution in [0.3, 0.4) is 0 Å². The van der Waals surface area contributed by atoms with Crippen molar-refractivity contribution in [3.05, 3.63) is 23.8 Å². The van der Waals surface area contributed by atoms with Gasteiger partial charge in [0.15, 0.2) is 17.5 Å². The van der Waals surface area contributed by atoms with Gasteiger partial charge in [0.1, 0.15) is 0 Å². The van der Waals surface area contributed by atoms with Crippen molar-refractivity contribution in [2.45, 2.75) is 33.4 Å². The summed E-state index contributed by atoms with van der Waals surface area (Å²) < 4.78 is 16.4. The Morgan fingerprint density at radius 2 is 2.00 bits per heavy atom. The van der Waals surface area contributed by atoms with Gasteiger partial charge in [-0.3, -0.25) is 4.90 Å². The summed E-state index contributed by atoms with van der Waals surface area (Å²) in [6.07, 6.45) is 0. The summed E-state index contributed by atoms with van der Waals surface area (Å²) in [5.74, 6) is 2.33. The minimum Gasteiger partial charge on any atom is -0.493 e. The number of hydrogen-bond donors (Lipinski definition) is 2. The monoisotopic (exact) mass is 378 g/mol. The molecular weight excluding hydrogens is 344 g/mol. The minimum atomic E-state index is 0.434. The maximum Gasteiger partial charge on any atom is 0.191 e. The molecule has 1 fully saturated rings. The van der Waals surface area contributed by atoms with E-state index in [1.54, 1.807) is 7.11 Å². The van der Waals surface area contributed by atoms with Crippen LogP contribution in [0.15, 0.2) is 23.2 Å². The molecule has 0 spiro atoms. The summed E-state index contributed by atoms with van der Waals surface area (Å²) in [6, 6.07) is 6.37. The molecular formula is C20H34N4O3. The van der Waals surface area contributed by atoms with E-state index in [4.69, 9.17) is 19.2 Å². The highest BCUT2D eigenvalue weighted by atomic mass is 16.5. The molecule has 0 aromatic heterocycles. The summed E-state index contributed by atoms with van der Waals surface area (Å²) in [5, 5.41) is 6.76. The molecule has 2 rings (SSSR count). The van der Waals surface area contributed by atoms with Crippen molar-refractivity contribution in [3.8, 4) is 11.5 Å². The zero-order chi connectivity index (χ0) is 19.5. The third kappa shape index (κ3) is 6.92. The van der Waals surface area contributed by atoms with Crippen LogP contribution in [0.25, 0.3) is 0 Å². The average Bonchev–Trinajstić information content (AvgIpc) is 2.71. The first-order chi connectivity index (χ1) is 13.2. The van der Waals surface area contributed by atoms with Crippen LogP contribution in [0.2, 0.25) is 0 Å². The third-order valence-electron chi connectivity index (χ3n) is 4.53. The highest BCUT2D eigenvalue weighted by Gasteiger charge is 2.17. The number of hydrogen-bond acceptors (Lipinski definition) is 5. The molecule has 1 unspecified atom stereocenters. The first-order valence-electron chi connectivity index (χ1n) is 9.81. The van der Waals surface area contributed by atoms with Gasteiger partial charge in [0.05, 0.1) is 33.5 Å². The average molecular weight is 379 g/mol. The van der Waals surface area contributed by atoms with Crippen LogP contribution >= 0.6 is 0 Å². The molecule has 0 saturated carbocycles. The first-order valence-corrected chi connectivity index (χ1v) is 9.81. The standard InChI is InChI=1S/C20H34N4O3/c1-5-21-20(22-14-16(3)24-9-11-26-12-10-24)23-15-17-7-8-18(25-4)19(13-17)27-6-2/h7-8,13,16H,5-6,9-12,14-15H2,1-4H3,(H2,21,22,23). The highest BCUT2D eigenvalue weighted by Crippen LogP contribution is 2.28. The Morgan fingerprint density at radius 3 is 2.67 bits per heavy atom. The fourth-order valence-electron chi connectivity index (χ4n) is 2.99. The summed E-state index contributed by atoms with van der Waals surface area (Å²) in [6.45, 7) is 12.7. The summed E-state index contributed by atoms with van der Waals surface area (Å²) in [7, 11) is 1.65. The number of benzene rings is 1. The van der Waals surface area contributed by atoms with E-state index < -0.39 is 0 Å². The number of methoxy groups -OCH3 is 1. The highest BCUT2D eigenvalue weighted by molar-refractivity contribution is 5.79. The van der Waals surface area contributed by atoms with Gasteiger partial charge < -0.3 is 24.8 Å². The van der Waals surface area contributed by atoms with Crippen molar-refractivity contribution in [1.29, 1.82) is 0 Å². The van der Waals surface area contributed by atoms with Crippen LogP contribution in [-0.4, -0.2) is 70.0 Å².